The molecule has 0 radical (unpaired) electrons. The van der Waals surface area contributed by atoms with Crippen LogP contribution >= 0.6 is 0 Å². The van der Waals surface area contributed by atoms with Crippen molar-refractivity contribution in [2.75, 3.05) is 0 Å². The number of carboxylic acids is 1. The van der Waals surface area contributed by atoms with Gasteiger partial charge in [0.2, 0.25) is 0 Å². The number of aromatic nitrogens is 1. The lowest BCUT2D eigenvalue weighted by Gasteiger charge is -2.13. The van der Waals surface area contributed by atoms with E-state index in [1.54, 1.807) is 47.0 Å². The van der Waals surface area contributed by atoms with Gasteiger partial charge in [0.1, 0.15) is 11.5 Å². The number of nitrogen functional groups attached to an aromatic ring is 1. The molecule has 1 aliphatic carbocycles. The van der Waals surface area contributed by atoms with E-state index in [2.05, 4.69) is 24.3 Å². The maximum Gasteiger partial charge on any atom is 0.352 e. The zero-order chi connectivity index (χ0) is 18.7. The summed E-state index contributed by atoms with van der Waals surface area (Å²) in [6.07, 6.45) is 5.38. The Morgan fingerprint density at radius 1 is 1.08 bits per heavy atom. The van der Waals surface area contributed by atoms with E-state index in [0.717, 1.165) is 10.9 Å². The zero-order valence-electron chi connectivity index (χ0n) is 14.8. The standard InChI is InChI=1S/C11H11N3O2.C10H12/c1-14-8-5-7(10(12)13)3-2-6(8)4-9(14)11(15)16;1-2-6-10-8-4-3-7-9(10)5-1/h2-5H,1H3,(H3,12,13)(H,15,16);1-2,5-6H,3-4,7-8H2. The number of hydrogen-bond acceptors (Lipinski definition) is 2. The van der Waals surface area contributed by atoms with Crippen LogP contribution in [0.25, 0.3) is 10.9 Å². The average molecular weight is 349 g/mol. The van der Waals surface area contributed by atoms with Crippen LogP contribution in [0, 0.1) is 5.41 Å². The highest BCUT2D eigenvalue weighted by Gasteiger charge is 2.12. The minimum absolute atomic E-state index is 0.0278. The van der Waals surface area contributed by atoms with Crippen LogP contribution in [0.4, 0.5) is 0 Å². The zero-order valence-corrected chi connectivity index (χ0v) is 14.8. The fraction of sp³-hybridized carbons (Fsp3) is 0.238. The third kappa shape index (κ3) is 3.61. The van der Waals surface area contributed by atoms with Gasteiger partial charge in [-0.2, -0.15) is 0 Å². The maximum atomic E-state index is 10.9. The van der Waals surface area contributed by atoms with Gasteiger partial charge < -0.3 is 15.4 Å². The first-order valence-electron chi connectivity index (χ1n) is 8.71. The Morgan fingerprint density at radius 3 is 2.23 bits per heavy atom. The number of hydrogen-bond donors (Lipinski definition) is 3. The Bertz CT molecular complexity index is 948. The molecule has 0 bridgehead atoms. The lowest BCUT2D eigenvalue weighted by molar-refractivity contribution is 0.0687. The minimum atomic E-state index is -0.969. The fourth-order valence-electron chi connectivity index (χ4n) is 3.38. The van der Waals surface area contributed by atoms with Crippen LogP contribution in [-0.4, -0.2) is 21.5 Å². The number of nitrogens with two attached hydrogens (primary N) is 1. The first kappa shape index (κ1) is 17.7. The molecule has 0 aliphatic heterocycles. The molecule has 134 valence electrons. The first-order valence-corrected chi connectivity index (χ1v) is 8.71. The molecule has 5 nitrogen and oxygen atoms in total. The summed E-state index contributed by atoms with van der Waals surface area (Å²) < 4.78 is 1.57. The van der Waals surface area contributed by atoms with Gasteiger partial charge in [-0.1, -0.05) is 36.4 Å². The summed E-state index contributed by atoms with van der Waals surface area (Å²) in [6, 6.07) is 15.6. The summed E-state index contributed by atoms with van der Waals surface area (Å²) in [7, 11) is 1.68. The van der Waals surface area contributed by atoms with E-state index in [1.165, 1.54) is 25.7 Å². The molecule has 1 aliphatic rings. The molecule has 2 aromatic carbocycles. The van der Waals surface area contributed by atoms with E-state index in [9.17, 15) is 4.79 Å². The average Bonchev–Trinajstić information content (AvgIpc) is 2.99. The summed E-state index contributed by atoms with van der Waals surface area (Å²) >= 11 is 0. The number of benzene rings is 2. The van der Waals surface area contributed by atoms with Gasteiger partial charge in [0.15, 0.2) is 0 Å². The van der Waals surface area contributed by atoms with Crippen LogP contribution in [0.2, 0.25) is 0 Å². The molecule has 0 amide bonds. The van der Waals surface area contributed by atoms with Gasteiger partial charge in [-0.15, -0.1) is 0 Å². The third-order valence-corrected chi connectivity index (χ3v) is 4.84. The van der Waals surface area contributed by atoms with E-state index >= 15 is 0 Å². The number of aromatic carboxylic acids is 1. The van der Waals surface area contributed by atoms with Crippen molar-refractivity contribution in [2.45, 2.75) is 25.7 Å². The van der Waals surface area contributed by atoms with E-state index in [-0.39, 0.29) is 11.5 Å². The van der Waals surface area contributed by atoms with Crippen molar-refractivity contribution in [3.8, 4) is 0 Å². The number of nitrogens with zero attached hydrogens (tertiary/aromatic N) is 1. The number of aryl methyl sites for hydroxylation is 3. The summed E-state index contributed by atoms with van der Waals surface area (Å²) in [5, 5.41) is 17.1. The Hall–Kier alpha value is -3.08. The molecule has 4 rings (SSSR count). The van der Waals surface area contributed by atoms with E-state index in [1.807, 2.05) is 0 Å². The number of rotatable bonds is 2. The van der Waals surface area contributed by atoms with Gasteiger partial charge in [0, 0.05) is 23.5 Å². The van der Waals surface area contributed by atoms with E-state index in [4.69, 9.17) is 16.2 Å². The number of carboxylic acid groups (broad SMARTS) is 1. The van der Waals surface area contributed by atoms with Gasteiger partial charge in [0.25, 0.3) is 0 Å². The number of amidine groups is 1. The van der Waals surface area contributed by atoms with Crippen LogP contribution in [-0.2, 0) is 19.9 Å². The lowest BCUT2D eigenvalue weighted by Crippen LogP contribution is -2.11. The Labute approximate surface area is 152 Å². The molecule has 0 fully saturated rings. The smallest absolute Gasteiger partial charge is 0.352 e. The summed E-state index contributed by atoms with van der Waals surface area (Å²) in [5.41, 5.74) is 10.1. The van der Waals surface area contributed by atoms with Crippen molar-refractivity contribution in [1.29, 1.82) is 5.41 Å². The van der Waals surface area contributed by atoms with Crippen molar-refractivity contribution in [3.05, 3.63) is 70.9 Å². The second-order valence-electron chi connectivity index (χ2n) is 6.56. The predicted molar refractivity (Wildman–Crippen MR) is 104 cm³/mol. The molecule has 1 heterocycles. The molecule has 0 unspecified atom stereocenters. The van der Waals surface area contributed by atoms with Gasteiger partial charge in [-0.3, -0.25) is 5.41 Å². The van der Waals surface area contributed by atoms with Gasteiger partial charge in [0.05, 0.1) is 0 Å². The molecule has 0 spiro atoms. The molecule has 0 saturated heterocycles. The van der Waals surface area contributed by atoms with Gasteiger partial charge in [-0.05, 0) is 48.9 Å². The number of fused-ring (bicyclic) bond motifs is 2. The number of nitrogens with one attached hydrogen (secondary N) is 1. The second-order valence-corrected chi connectivity index (χ2v) is 6.56. The molecule has 26 heavy (non-hydrogen) atoms. The summed E-state index contributed by atoms with van der Waals surface area (Å²) in [4.78, 5) is 10.9. The first-order chi connectivity index (χ1) is 12.5. The second kappa shape index (κ2) is 7.44. The SMILES string of the molecule is Cn1c(C(=O)O)cc2ccc(C(=N)N)cc21.c1ccc2c(c1)CCCC2. The highest BCUT2D eigenvalue weighted by atomic mass is 16.4. The Kier molecular flexibility index (Phi) is 5.07. The largest absolute Gasteiger partial charge is 0.477 e. The molecule has 3 aromatic rings. The minimum Gasteiger partial charge on any atom is -0.477 e. The monoisotopic (exact) mass is 349 g/mol. The van der Waals surface area contributed by atoms with Crippen LogP contribution in [0.1, 0.15) is 40.0 Å². The fourth-order valence-corrected chi connectivity index (χ4v) is 3.38. The van der Waals surface area contributed by atoms with E-state index < -0.39 is 5.97 Å². The number of carbonyl (C=O) groups is 1. The van der Waals surface area contributed by atoms with Crippen molar-refractivity contribution >= 4 is 22.7 Å². The van der Waals surface area contributed by atoms with Crippen LogP contribution in [0.3, 0.4) is 0 Å². The van der Waals surface area contributed by atoms with E-state index in [0.29, 0.717) is 5.56 Å². The van der Waals surface area contributed by atoms with Gasteiger partial charge >= 0.3 is 5.97 Å². The van der Waals surface area contributed by atoms with Crippen LogP contribution in [0.5, 0.6) is 0 Å². The summed E-state index contributed by atoms with van der Waals surface area (Å²) in [6.45, 7) is 0. The van der Waals surface area contributed by atoms with Crippen molar-refractivity contribution < 1.29 is 9.90 Å². The lowest BCUT2D eigenvalue weighted by atomic mass is 9.92. The summed E-state index contributed by atoms with van der Waals surface area (Å²) in [5.74, 6) is -0.997. The quantitative estimate of drug-likeness (QED) is 0.486. The molecular weight excluding hydrogens is 326 g/mol. The molecule has 1 aromatic heterocycles. The molecule has 0 saturated carbocycles. The van der Waals surface area contributed by atoms with Gasteiger partial charge in [-0.25, -0.2) is 4.79 Å². The molecule has 0 atom stereocenters. The maximum absolute atomic E-state index is 10.9. The highest BCUT2D eigenvalue weighted by Crippen LogP contribution is 2.21. The Morgan fingerprint density at radius 2 is 1.69 bits per heavy atom. The topological polar surface area (TPSA) is 92.1 Å². The van der Waals surface area contributed by atoms with Crippen LogP contribution in [0.15, 0.2) is 48.5 Å². The van der Waals surface area contributed by atoms with Crippen molar-refractivity contribution in [3.63, 3.8) is 0 Å². The normalized spacial score (nSPS) is 12.8. The predicted octanol–water partition coefficient (Wildman–Crippen LogP) is 3.73. The Balaban J connectivity index is 0.000000167. The molecule has 5 heteroatoms. The molecular formula is C21H23N3O2. The highest BCUT2D eigenvalue weighted by molar-refractivity contribution is 6.00. The van der Waals surface area contributed by atoms with Crippen molar-refractivity contribution in [2.24, 2.45) is 12.8 Å². The third-order valence-electron chi connectivity index (χ3n) is 4.84. The molecule has 4 N–H and O–H groups in total. The van der Waals surface area contributed by atoms with Crippen molar-refractivity contribution in [1.82, 2.24) is 4.57 Å². The van der Waals surface area contributed by atoms with Crippen LogP contribution < -0.4 is 5.73 Å².